The maximum atomic E-state index is 12.8. The van der Waals surface area contributed by atoms with Gasteiger partial charge in [-0.3, -0.25) is 20.4 Å². The Labute approximate surface area is 203 Å². The van der Waals surface area contributed by atoms with Crippen LogP contribution in [0.3, 0.4) is 0 Å². The SMILES string of the molecule is Cc1nc(-c2ccco2)nc2sc(C(=O)NNC(=O)c3ccc(COc4ccccc4)o3)c(C)c12. The van der Waals surface area contributed by atoms with Gasteiger partial charge in [0.15, 0.2) is 17.3 Å². The number of hydrogen-bond acceptors (Lipinski definition) is 8. The quantitative estimate of drug-likeness (QED) is 0.329. The van der Waals surface area contributed by atoms with Crippen molar-refractivity contribution in [2.45, 2.75) is 20.5 Å². The maximum absolute atomic E-state index is 12.8. The van der Waals surface area contributed by atoms with Gasteiger partial charge in [0.25, 0.3) is 5.91 Å². The molecule has 176 valence electrons. The van der Waals surface area contributed by atoms with Crippen molar-refractivity contribution in [3.8, 4) is 17.3 Å². The van der Waals surface area contributed by atoms with E-state index in [-0.39, 0.29) is 12.4 Å². The Morgan fingerprint density at radius 1 is 0.971 bits per heavy atom. The summed E-state index contributed by atoms with van der Waals surface area (Å²) in [5.74, 6) is 1.17. The van der Waals surface area contributed by atoms with Gasteiger partial charge in [-0.25, -0.2) is 9.97 Å². The zero-order chi connectivity index (χ0) is 24.4. The number of nitrogens with zero attached hydrogens (tertiary/aromatic N) is 2. The number of carbonyl (C=O) groups excluding carboxylic acids is 2. The van der Waals surface area contributed by atoms with Gasteiger partial charge in [0, 0.05) is 5.39 Å². The number of benzene rings is 1. The van der Waals surface area contributed by atoms with E-state index in [0.717, 1.165) is 16.6 Å². The molecule has 0 aliphatic carbocycles. The molecule has 0 bridgehead atoms. The number of fused-ring (bicyclic) bond motifs is 1. The summed E-state index contributed by atoms with van der Waals surface area (Å²) in [6.45, 7) is 3.85. The number of amides is 2. The second-order valence-corrected chi connectivity index (χ2v) is 8.62. The Bertz CT molecular complexity index is 1510. The lowest BCUT2D eigenvalue weighted by atomic mass is 10.1. The number of para-hydroxylation sites is 1. The third-order valence-corrected chi connectivity index (χ3v) is 6.40. The summed E-state index contributed by atoms with van der Waals surface area (Å²) in [6, 6.07) is 16.0. The Hall–Kier alpha value is -4.44. The van der Waals surface area contributed by atoms with Crippen LogP contribution in [0, 0.1) is 13.8 Å². The molecule has 1 aromatic carbocycles. The summed E-state index contributed by atoms with van der Waals surface area (Å²) in [5.41, 5.74) is 6.30. The van der Waals surface area contributed by atoms with E-state index < -0.39 is 11.8 Å². The predicted octanol–water partition coefficient (Wildman–Crippen LogP) is 4.81. The lowest BCUT2D eigenvalue weighted by molar-refractivity contribution is 0.0830. The third kappa shape index (κ3) is 4.64. The molecule has 35 heavy (non-hydrogen) atoms. The largest absolute Gasteiger partial charge is 0.486 e. The fraction of sp³-hybridized carbons (Fsp3) is 0.120. The normalized spacial score (nSPS) is 10.9. The minimum atomic E-state index is -0.584. The number of carbonyl (C=O) groups is 2. The maximum Gasteiger partial charge on any atom is 0.305 e. The zero-order valence-corrected chi connectivity index (χ0v) is 19.6. The van der Waals surface area contributed by atoms with E-state index in [2.05, 4.69) is 20.8 Å². The first-order chi connectivity index (χ1) is 17.0. The van der Waals surface area contributed by atoms with Gasteiger partial charge in [0.05, 0.1) is 16.8 Å². The molecule has 0 saturated heterocycles. The van der Waals surface area contributed by atoms with Crippen molar-refractivity contribution in [3.05, 3.63) is 88.5 Å². The summed E-state index contributed by atoms with van der Waals surface area (Å²) >= 11 is 1.22. The summed E-state index contributed by atoms with van der Waals surface area (Å²) in [6.07, 6.45) is 1.55. The van der Waals surface area contributed by atoms with Crippen molar-refractivity contribution >= 4 is 33.4 Å². The molecule has 0 saturated carbocycles. The van der Waals surface area contributed by atoms with Crippen LogP contribution >= 0.6 is 11.3 Å². The van der Waals surface area contributed by atoms with Crippen molar-refractivity contribution in [2.75, 3.05) is 0 Å². The fourth-order valence-corrected chi connectivity index (χ4v) is 4.68. The van der Waals surface area contributed by atoms with E-state index in [1.54, 1.807) is 24.5 Å². The monoisotopic (exact) mass is 488 g/mol. The number of thiophene rings is 1. The molecule has 9 nitrogen and oxygen atoms in total. The molecule has 2 amide bonds. The van der Waals surface area contributed by atoms with Gasteiger partial charge in [0.2, 0.25) is 0 Å². The topological polar surface area (TPSA) is 119 Å². The Kier molecular flexibility index (Phi) is 6.02. The van der Waals surface area contributed by atoms with E-state index in [1.165, 1.54) is 17.4 Å². The van der Waals surface area contributed by atoms with Crippen LogP contribution in [0.2, 0.25) is 0 Å². The lowest BCUT2D eigenvalue weighted by Crippen LogP contribution is -2.41. The number of aromatic nitrogens is 2. The summed E-state index contributed by atoms with van der Waals surface area (Å²) in [5, 5.41) is 0.802. The number of nitrogens with one attached hydrogen (secondary N) is 2. The highest BCUT2D eigenvalue weighted by molar-refractivity contribution is 7.20. The number of hydrogen-bond donors (Lipinski definition) is 2. The van der Waals surface area contributed by atoms with Crippen molar-refractivity contribution < 1.29 is 23.2 Å². The van der Waals surface area contributed by atoms with Crippen LogP contribution in [0.25, 0.3) is 21.8 Å². The molecule has 0 spiro atoms. The summed E-state index contributed by atoms with van der Waals surface area (Å²) in [4.78, 5) is 35.4. The van der Waals surface area contributed by atoms with E-state index in [4.69, 9.17) is 13.6 Å². The molecule has 0 atom stereocenters. The molecule has 5 rings (SSSR count). The predicted molar refractivity (Wildman–Crippen MR) is 129 cm³/mol. The van der Waals surface area contributed by atoms with Crippen LogP contribution in [-0.2, 0) is 6.61 Å². The van der Waals surface area contributed by atoms with Crippen molar-refractivity contribution in [1.29, 1.82) is 0 Å². The van der Waals surface area contributed by atoms with Gasteiger partial charge in [-0.05, 0) is 55.8 Å². The molecular weight excluding hydrogens is 468 g/mol. The molecule has 4 heterocycles. The minimum Gasteiger partial charge on any atom is -0.486 e. The van der Waals surface area contributed by atoms with Gasteiger partial charge in [-0.2, -0.15) is 0 Å². The Morgan fingerprint density at radius 2 is 1.77 bits per heavy atom. The molecular formula is C25H20N4O5S. The average Bonchev–Trinajstić information content (AvgIpc) is 3.62. The highest BCUT2D eigenvalue weighted by Crippen LogP contribution is 2.32. The Morgan fingerprint density at radius 3 is 2.54 bits per heavy atom. The minimum absolute atomic E-state index is 0.0508. The third-order valence-electron chi connectivity index (χ3n) is 5.22. The molecule has 0 aliphatic heterocycles. The molecule has 0 unspecified atom stereocenters. The average molecular weight is 489 g/mol. The van der Waals surface area contributed by atoms with Gasteiger partial charge in [-0.1, -0.05) is 18.2 Å². The van der Waals surface area contributed by atoms with Crippen LogP contribution in [0.4, 0.5) is 0 Å². The van der Waals surface area contributed by atoms with Crippen LogP contribution in [-0.4, -0.2) is 21.8 Å². The highest BCUT2D eigenvalue weighted by atomic mass is 32.1. The second kappa shape index (κ2) is 9.43. The smallest absolute Gasteiger partial charge is 0.305 e. The molecule has 4 aromatic heterocycles. The first-order valence-electron chi connectivity index (χ1n) is 10.7. The van der Waals surface area contributed by atoms with Crippen LogP contribution in [0.5, 0.6) is 5.75 Å². The van der Waals surface area contributed by atoms with Crippen LogP contribution in [0.15, 0.2) is 69.7 Å². The van der Waals surface area contributed by atoms with E-state index in [1.807, 2.05) is 44.2 Å². The van der Waals surface area contributed by atoms with E-state index in [0.29, 0.717) is 32.8 Å². The van der Waals surface area contributed by atoms with Gasteiger partial charge in [0.1, 0.15) is 22.9 Å². The van der Waals surface area contributed by atoms with E-state index >= 15 is 0 Å². The second-order valence-electron chi connectivity index (χ2n) is 7.62. The van der Waals surface area contributed by atoms with Gasteiger partial charge >= 0.3 is 5.91 Å². The summed E-state index contributed by atoms with van der Waals surface area (Å²) < 4.78 is 16.5. The van der Waals surface area contributed by atoms with Gasteiger partial charge in [-0.15, -0.1) is 11.3 Å². The first kappa shape index (κ1) is 22.4. The number of hydrazine groups is 1. The molecule has 0 fully saturated rings. The lowest BCUT2D eigenvalue weighted by Gasteiger charge is -2.06. The molecule has 0 aliphatic rings. The number of aryl methyl sites for hydroxylation is 2. The van der Waals surface area contributed by atoms with Crippen molar-refractivity contribution in [3.63, 3.8) is 0 Å². The number of furan rings is 2. The number of ether oxygens (including phenoxy) is 1. The standard InChI is InChI=1S/C25H20N4O5S/c1-14-20-15(2)26-22(18-9-6-12-32-18)27-25(20)35-21(14)24(31)29-28-23(30)19-11-10-17(34-19)13-33-16-7-4-3-5-8-16/h3-12H,13H2,1-2H3,(H,28,30)(H,29,31). The fourth-order valence-electron chi connectivity index (χ4n) is 3.55. The number of rotatable bonds is 6. The van der Waals surface area contributed by atoms with Crippen molar-refractivity contribution in [2.24, 2.45) is 0 Å². The zero-order valence-electron chi connectivity index (χ0n) is 18.8. The van der Waals surface area contributed by atoms with Crippen LogP contribution < -0.4 is 15.6 Å². The van der Waals surface area contributed by atoms with Crippen LogP contribution in [0.1, 0.15) is 37.2 Å². The molecule has 10 heteroatoms. The first-order valence-corrected chi connectivity index (χ1v) is 11.5. The molecule has 2 N–H and O–H groups in total. The molecule has 0 radical (unpaired) electrons. The van der Waals surface area contributed by atoms with Gasteiger partial charge < -0.3 is 13.6 Å². The Balaban J connectivity index is 1.25. The molecule has 5 aromatic rings. The van der Waals surface area contributed by atoms with Crippen molar-refractivity contribution in [1.82, 2.24) is 20.8 Å². The highest BCUT2D eigenvalue weighted by Gasteiger charge is 2.21. The van der Waals surface area contributed by atoms with E-state index in [9.17, 15) is 9.59 Å². The summed E-state index contributed by atoms with van der Waals surface area (Å²) in [7, 11) is 0.